The highest BCUT2D eigenvalue weighted by Gasteiger charge is 2.36. The average Bonchev–Trinajstić information content (AvgIpc) is 2.52. The van der Waals surface area contributed by atoms with Crippen molar-refractivity contribution < 1.29 is 19.4 Å². The number of carbonyl (C=O) groups excluding carboxylic acids is 1. The number of esters is 1. The summed E-state index contributed by atoms with van der Waals surface area (Å²) in [5, 5.41) is 9.69. The number of carbonyl (C=O) groups is 2. The molecule has 0 aromatic heterocycles. The highest BCUT2D eigenvalue weighted by molar-refractivity contribution is 5.81. The zero-order chi connectivity index (χ0) is 19.7. The predicted molar refractivity (Wildman–Crippen MR) is 105 cm³/mol. The van der Waals surface area contributed by atoms with Gasteiger partial charge in [-0.3, -0.25) is 9.59 Å². The fourth-order valence-electron chi connectivity index (χ4n) is 4.08. The third-order valence-corrected chi connectivity index (χ3v) is 5.34. The maximum atomic E-state index is 12.7. The smallest absolute Gasteiger partial charge is 0.310 e. The summed E-state index contributed by atoms with van der Waals surface area (Å²) in [6, 6.07) is 0. The van der Waals surface area contributed by atoms with Gasteiger partial charge >= 0.3 is 11.9 Å². The molecule has 26 heavy (non-hydrogen) atoms. The Bertz CT molecular complexity index is 430. The third-order valence-electron chi connectivity index (χ3n) is 5.34. The molecular formula is C22H40O4. The maximum absolute atomic E-state index is 12.7. The second kappa shape index (κ2) is 10.9. The number of rotatable bonds is 10. The first-order valence-electron chi connectivity index (χ1n) is 10.6. The highest BCUT2D eigenvalue weighted by Crippen LogP contribution is 2.31. The Hall–Kier alpha value is -1.06. The summed E-state index contributed by atoms with van der Waals surface area (Å²) < 4.78 is 5.56. The van der Waals surface area contributed by atoms with E-state index in [1.165, 1.54) is 38.5 Å². The molecule has 0 radical (unpaired) electrons. The van der Waals surface area contributed by atoms with Gasteiger partial charge in [0.1, 0.15) is 5.60 Å². The van der Waals surface area contributed by atoms with E-state index >= 15 is 0 Å². The number of carboxylic acids is 1. The number of carboxylic acid groups (broad SMARTS) is 1. The molecule has 152 valence electrons. The standard InChI is InChI=1S/C22H40O4/c1-16(2)15-19(20(23)24)18(21(25)26-22(3,4)5)14-10-9-13-17-11-7-6-8-12-17/h16-19H,6-15H2,1-5H3,(H,23,24)/t18?,19-/m1/s1. The first kappa shape index (κ1) is 23.0. The molecule has 1 aliphatic carbocycles. The van der Waals surface area contributed by atoms with Crippen molar-refractivity contribution in [3.05, 3.63) is 0 Å². The van der Waals surface area contributed by atoms with Crippen LogP contribution in [0.3, 0.4) is 0 Å². The quantitative estimate of drug-likeness (QED) is 0.389. The highest BCUT2D eigenvalue weighted by atomic mass is 16.6. The minimum Gasteiger partial charge on any atom is -0.481 e. The molecule has 1 rings (SSSR count). The van der Waals surface area contributed by atoms with Gasteiger partial charge in [-0.1, -0.05) is 65.2 Å². The molecule has 0 aromatic carbocycles. The number of unbranched alkanes of at least 4 members (excludes halogenated alkanes) is 1. The Morgan fingerprint density at radius 2 is 1.65 bits per heavy atom. The molecule has 0 heterocycles. The van der Waals surface area contributed by atoms with Crippen LogP contribution in [0.5, 0.6) is 0 Å². The van der Waals surface area contributed by atoms with Gasteiger partial charge in [-0.2, -0.15) is 0 Å². The van der Waals surface area contributed by atoms with Crippen LogP contribution in [-0.4, -0.2) is 22.6 Å². The van der Waals surface area contributed by atoms with Crippen molar-refractivity contribution in [3.8, 4) is 0 Å². The first-order chi connectivity index (χ1) is 12.1. The summed E-state index contributed by atoms with van der Waals surface area (Å²) in [7, 11) is 0. The SMILES string of the molecule is CC(C)C[C@@H](C(=O)O)C(CCCCC1CCCCC1)C(=O)OC(C)(C)C. The molecule has 4 nitrogen and oxygen atoms in total. The molecule has 0 aromatic rings. The topological polar surface area (TPSA) is 63.6 Å². The lowest BCUT2D eigenvalue weighted by Gasteiger charge is -2.28. The van der Waals surface area contributed by atoms with Crippen LogP contribution in [0, 0.1) is 23.7 Å². The Morgan fingerprint density at radius 3 is 2.15 bits per heavy atom. The molecule has 4 heteroatoms. The van der Waals surface area contributed by atoms with Crippen LogP contribution < -0.4 is 0 Å². The van der Waals surface area contributed by atoms with Crippen LogP contribution in [0.1, 0.15) is 98.8 Å². The van der Waals surface area contributed by atoms with Gasteiger partial charge in [0.25, 0.3) is 0 Å². The molecule has 1 unspecified atom stereocenters. The summed E-state index contributed by atoms with van der Waals surface area (Å²) in [6.45, 7) is 9.52. The van der Waals surface area contributed by atoms with Crippen LogP contribution in [0.4, 0.5) is 0 Å². The van der Waals surface area contributed by atoms with Crippen LogP contribution in [-0.2, 0) is 14.3 Å². The van der Waals surface area contributed by atoms with E-state index in [2.05, 4.69) is 0 Å². The summed E-state index contributed by atoms with van der Waals surface area (Å²) in [6.07, 6.45) is 11.1. The van der Waals surface area contributed by atoms with E-state index in [1.54, 1.807) is 0 Å². The Morgan fingerprint density at radius 1 is 1.04 bits per heavy atom. The molecule has 0 saturated heterocycles. The van der Waals surface area contributed by atoms with Gasteiger partial charge in [0.2, 0.25) is 0 Å². The summed E-state index contributed by atoms with van der Waals surface area (Å²) >= 11 is 0. The maximum Gasteiger partial charge on any atom is 0.310 e. The molecule has 0 aliphatic heterocycles. The Kier molecular flexibility index (Phi) is 9.67. The lowest BCUT2D eigenvalue weighted by molar-refractivity contribution is -0.167. The number of hydrogen-bond acceptors (Lipinski definition) is 3. The molecule has 0 spiro atoms. The largest absolute Gasteiger partial charge is 0.481 e. The van der Waals surface area contributed by atoms with Crippen LogP contribution >= 0.6 is 0 Å². The van der Waals surface area contributed by atoms with Gasteiger partial charge in [0.15, 0.2) is 0 Å². The minimum atomic E-state index is -0.873. The molecule has 0 bridgehead atoms. The molecule has 0 amide bonds. The molecule has 1 saturated carbocycles. The molecule has 1 N–H and O–H groups in total. The van der Waals surface area contributed by atoms with Gasteiger partial charge in [0.05, 0.1) is 11.8 Å². The Labute approximate surface area is 160 Å². The van der Waals surface area contributed by atoms with Gasteiger partial charge in [0, 0.05) is 0 Å². The van der Waals surface area contributed by atoms with Crippen molar-refractivity contribution >= 4 is 11.9 Å². The molecule has 1 fully saturated rings. The van der Waals surface area contributed by atoms with E-state index in [0.717, 1.165) is 18.8 Å². The van der Waals surface area contributed by atoms with Crippen LogP contribution in [0.15, 0.2) is 0 Å². The van der Waals surface area contributed by atoms with Gasteiger partial charge in [-0.15, -0.1) is 0 Å². The van der Waals surface area contributed by atoms with Crippen LogP contribution in [0.2, 0.25) is 0 Å². The minimum absolute atomic E-state index is 0.239. The lowest BCUT2D eigenvalue weighted by atomic mass is 9.81. The van der Waals surface area contributed by atoms with E-state index in [1.807, 2.05) is 34.6 Å². The van der Waals surface area contributed by atoms with Crippen molar-refractivity contribution in [2.75, 3.05) is 0 Å². The fraction of sp³-hybridized carbons (Fsp3) is 0.909. The lowest BCUT2D eigenvalue weighted by Crippen LogP contribution is -2.36. The van der Waals surface area contributed by atoms with E-state index in [9.17, 15) is 14.7 Å². The second-order valence-corrected chi connectivity index (χ2v) is 9.50. The van der Waals surface area contributed by atoms with Gasteiger partial charge in [-0.25, -0.2) is 0 Å². The van der Waals surface area contributed by atoms with E-state index < -0.39 is 23.4 Å². The van der Waals surface area contributed by atoms with Crippen molar-refractivity contribution in [3.63, 3.8) is 0 Å². The van der Waals surface area contributed by atoms with Crippen molar-refractivity contribution in [1.82, 2.24) is 0 Å². The predicted octanol–water partition coefficient (Wildman–Crippen LogP) is 5.83. The fourth-order valence-corrected chi connectivity index (χ4v) is 4.08. The zero-order valence-corrected chi connectivity index (χ0v) is 17.6. The van der Waals surface area contributed by atoms with E-state index in [-0.39, 0.29) is 11.9 Å². The monoisotopic (exact) mass is 368 g/mol. The third kappa shape index (κ3) is 9.05. The second-order valence-electron chi connectivity index (χ2n) is 9.50. The number of hydrogen-bond donors (Lipinski definition) is 1. The van der Waals surface area contributed by atoms with Crippen molar-refractivity contribution in [2.24, 2.45) is 23.7 Å². The summed E-state index contributed by atoms with van der Waals surface area (Å²) in [5.74, 6) is -1.34. The van der Waals surface area contributed by atoms with Crippen molar-refractivity contribution in [2.45, 2.75) is 104 Å². The number of ether oxygens (including phenoxy) is 1. The average molecular weight is 369 g/mol. The summed E-state index contributed by atoms with van der Waals surface area (Å²) in [5.41, 5.74) is -0.585. The van der Waals surface area contributed by atoms with Crippen molar-refractivity contribution in [1.29, 1.82) is 0 Å². The molecule has 2 atom stereocenters. The van der Waals surface area contributed by atoms with Crippen LogP contribution in [0.25, 0.3) is 0 Å². The van der Waals surface area contributed by atoms with E-state index in [4.69, 9.17) is 4.74 Å². The van der Waals surface area contributed by atoms with Gasteiger partial charge < -0.3 is 9.84 Å². The first-order valence-corrected chi connectivity index (χ1v) is 10.6. The Balaban J connectivity index is 2.65. The summed E-state index contributed by atoms with van der Waals surface area (Å²) in [4.78, 5) is 24.5. The molecule has 1 aliphatic rings. The normalized spacial score (nSPS) is 18.5. The molecular weight excluding hydrogens is 328 g/mol. The zero-order valence-electron chi connectivity index (χ0n) is 17.6. The van der Waals surface area contributed by atoms with Gasteiger partial charge in [-0.05, 0) is 45.4 Å². The number of aliphatic carboxylic acids is 1. The van der Waals surface area contributed by atoms with E-state index in [0.29, 0.717) is 12.8 Å².